The molecule has 0 aromatic carbocycles. The Morgan fingerprint density at radius 2 is 1.56 bits per heavy atom. The Labute approximate surface area is 155 Å². The summed E-state index contributed by atoms with van der Waals surface area (Å²) in [5.74, 6) is 4.89. The highest BCUT2D eigenvalue weighted by atomic mass is 16.5. The second-order valence-electron chi connectivity index (χ2n) is 7.53. The molecule has 0 bridgehead atoms. The minimum Gasteiger partial charge on any atom is -0.356 e. The summed E-state index contributed by atoms with van der Waals surface area (Å²) >= 11 is 0. The minimum atomic E-state index is -0.481. The van der Waals surface area contributed by atoms with Crippen LogP contribution in [0, 0.1) is 23.9 Å². The second kappa shape index (κ2) is 15.1. The molecular formula is C22H39NO2. The molecule has 2 atom stereocenters. The average molecular weight is 350 g/mol. The first-order chi connectivity index (χ1) is 12.3. The number of amides is 1. The first-order valence-electron chi connectivity index (χ1n) is 10.6. The van der Waals surface area contributed by atoms with Crippen LogP contribution in [0.3, 0.4) is 0 Å². The van der Waals surface area contributed by atoms with Crippen molar-refractivity contribution in [2.75, 3.05) is 7.05 Å². The molecule has 144 valence electrons. The van der Waals surface area contributed by atoms with Gasteiger partial charge in [-0.1, -0.05) is 96.3 Å². The molecule has 25 heavy (non-hydrogen) atoms. The number of hydrogen-bond donors (Lipinski definition) is 1. The summed E-state index contributed by atoms with van der Waals surface area (Å²) in [5.41, 5.74) is 0. The lowest BCUT2D eigenvalue weighted by Crippen LogP contribution is -2.16. The summed E-state index contributed by atoms with van der Waals surface area (Å²) in [6, 6.07) is 0. The van der Waals surface area contributed by atoms with E-state index in [1.807, 2.05) is 0 Å². The summed E-state index contributed by atoms with van der Waals surface area (Å²) in [6.07, 6.45) is 22.3. The number of carbonyl (C=O) groups is 1. The third kappa shape index (κ3) is 11.1. The standard InChI is InChI=1S/C22H39NO2/c1-3-4-5-6-8-11-15-20-17-14-18-21(20)16-12-9-7-10-13-19-25-22(24)23-2/h20-21H,3-12,14-18H2,1-2H3,(H,23,24)/t20-,21-/m0/s1. The van der Waals surface area contributed by atoms with Crippen LogP contribution in [0.2, 0.25) is 0 Å². The maximum Gasteiger partial charge on any atom is 0.420 e. The zero-order chi connectivity index (χ0) is 18.2. The minimum absolute atomic E-state index is 0.481. The highest BCUT2D eigenvalue weighted by Crippen LogP contribution is 2.38. The Morgan fingerprint density at radius 3 is 2.20 bits per heavy atom. The average Bonchev–Trinajstić information content (AvgIpc) is 3.07. The van der Waals surface area contributed by atoms with Gasteiger partial charge in [-0.3, -0.25) is 0 Å². The molecule has 0 aromatic heterocycles. The summed E-state index contributed by atoms with van der Waals surface area (Å²) in [5, 5.41) is 2.37. The van der Waals surface area contributed by atoms with Gasteiger partial charge in [-0.2, -0.15) is 0 Å². The molecule has 3 nitrogen and oxygen atoms in total. The van der Waals surface area contributed by atoms with Crippen molar-refractivity contribution in [2.45, 2.75) is 103 Å². The Balaban J connectivity index is 2.00. The largest absolute Gasteiger partial charge is 0.420 e. The zero-order valence-corrected chi connectivity index (χ0v) is 16.6. The van der Waals surface area contributed by atoms with Crippen LogP contribution in [0.5, 0.6) is 0 Å². The molecule has 0 spiro atoms. The van der Waals surface area contributed by atoms with Gasteiger partial charge < -0.3 is 10.1 Å². The van der Waals surface area contributed by atoms with Gasteiger partial charge in [-0.25, -0.2) is 4.79 Å². The van der Waals surface area contributed by atoms with E-state index in [4.69, 9.17) is 0 Å². The predicted molar refractivity (Wildman–Crippen MR) is 105 cm³/mol. The van der Waals surface area contributed by atoms with Gasteiger partial charge in [-0.05, 0) is 18.3 Å². The van der Waals surface area contributed by atoms with Crippen molar-refractivity contribution in [3.8, 4) is 12.0 Å². The van der Waals surface area contributed by atoms with Crippen LogP contribution in [0.4, 0.5) is 4.79 Å². The number of carbonyl (C=O) groups excluding carboxylic acids is 1. The number of alkyl carbamates (subject to hydrolysis) is 1. The van der Waals surface area contributed by atoms with E-state index in [1.165, 1.54) is 90.5 Å². The Kier molecular flexibility index (Phi) is 13.2. The fraction of sp³-hybridized carbons (Fsp3) is 0.864. The second-order valence-corrected chi connectivity index (χ2v) is 7.53. The summed E-state index contributed by atoms with van der Waals surface area (Å²) in [4.78, 5) is 10.8. The van der Waals surface area contributed by atoms with Crippen LogP contribution in [-0.2, 0) is 4.74 Å². The smallest absolute Gasteiger partial charge is 0.356 e. The fourth-order valence-electron chi connectivity index (χ4n) is 4.04. The lowest BCUT2D eigenvalue weighted by molar-refractivity contribution is 0.194. The van der Waals surface area contributed by atoms with Gasteiger partial charge in [0.25, 0.3) is 0 Å². The van der Waals surface area contributed by atoms with Crippen LogP contribution < -0.4 is 5.32 Å². The number of hydrogen-bond acceptors (Lipinski definition) is 2. The highest BCUT2D eigenvalue weighted by Gasteiger charge is 2.25. The van der Waals surface area contributed by atoms with E-state index >= 15 is 0 Å². The molecule has 1 fully saturated rings. The van der Waals surface area contributed by atoms with E-state index in [-0.39, 0.29) is 0 Å². The molecule has 0 aliphatic heterocycles. The highest BCUT2D eigenvalue weighted by molar-refractivity contribution is 5.67. The number of unbranched alkanes of at least 4 members (excludes halogenated alkanes) is 8. The van der Waals surface area contributed by atoms with Gasteiger partial charge in [-0.15, -0.1) is 0 Å². The van der Waals surface area contributed by atoms with Gasteiger partial charge >= 0.3 is 6.09 Å². The fourth-order valence-corrected chi connectivity index (χ4v) is 4.04. The molecule has 1 saturated carbocycles. The van der Waals surface area contributed by atoms with E-state index in [0.29, 0.717) is 0 Å². The number of ether oxygens (including phenoxy) is 1. The summed E-state index contributed by atoms with van der Waals surface area (Å²) in [6.45, 7) is 2.29. The predicted octanol–water partition coefficient (Wildman–Crippen LogP) is 6.42. The van der Waals surface area contributed by atoms with Crippen molar-refractivity contribution in [1.82, 2.24) is 5.32 Å². The van der Waals surface area contributed by atoms with Crippen LogP contribution in [-0.4, -0.2) is 13.1 Å². The molecule has 0 saturated heterocycles. The van der Waals surface area contributed by atoms with Crippen LogP contribution >= 0.6 is 0 Å². The molecule has 1 aliphatic carbocycles. The third-order valence-corrected chi connectivity index (χ3v) is 5.54. The Hall–Kier alpha value is -1.17. The molecule has 0 radical (unpaired) electrons. The lowest BCUT2D eigenvalue weighted by Gasteiger charge is -2.19. The van der Waals surface area contributed by atoms with Crippen molar-refractivity contribution in [2.24, 2.45) is 11.8 Å². The van der Waals surface area contributed by atoms with Crippen molar-refractivity contribution in [3.05, 3.63) is 0 Å². The van der Waals surface area contributed by atoms with Crippen LogP contribution in [0.15, 0.2) is 0 Å². The van der Waals surface area contributed by atoms with Gasteiger partial charge in [0.2, 0.25) is 0 Å². The molecule has 1 amide bonds. The van der Waals surface area contributed by atoms with E-state index in [2.05, 4.69) is 29.0 Å². The molecule has 1 N–H and O–H groups in total. The molecule has 0 unspecified atom stereocenters. The van der Waals surface area contributed by atoms with Gasteiger partial charge in [0.1, 0.15) is 6.11 Å². The van der Waals surface area contributed by atoms with E-state index in [9.17, 15) is 4.79 Å². The molecule has 3 heteroatoms. The van der Waals surface area contributed by atoms with Crippen molar-refractivity contribution >= 4 is 6.09 Å². The van der Waals surface area contributed by atoms with Gasteiger partial charge in [0, 0.05) is 13.5 Å². The monoisotopic (exact) mass is 349 g/mol. The summed E-state index contributed by atoms with van der Waals surface area (Å²) in [7, 11) is 1.53. The normalized spacial score (nSPS) is 19.3. The van der Waals surface area contributed by atoms with E-state index in [0.717, 1.165) is 24.7 Å². The van der Waals surface area contributed by atoms with Crippen LogP contribution in [0.1, 0.15) is 103 Å². The SMILES string of the molecule is CCCCCCCC[C@H]1CCC[C@@H]1CCCCCC#COC(=O)NC. The first-order valence-corrected chi connectivity index (χ1v) is 10.6. The third-order valence-electron chi connectivity index (χ3n) is 5.54. The summed E-state index contributed by atoms with van der Waals surface area (Å²) < 4.78 is 4.65. The van der Waals surface area contributed by atoms with Crippen molar-refractivity contribution in [1.29, 1.82) is 0 Å². The Bertz CT molecular complexity index is 397. The maximum absolute atomic E-state index is 10.8. The lowest BCUT2D eigenvalue weighted by atomic mass is 9.87. The molecule has 0 heterocycles. The van der Waals surface area contributed by atoms with Crippen molar-refractivity contribution in [3.63, 3.8) is 0 Å². The molecule has 0 aromatic rings. The van der Waals surface area contributed by atoms with Gasteiger partial charge in [0.15, 0.2) is 0 Å². The van der Waals surface area contributed by atoms with Crippen LogP contribution in [0.25, 0.3) is 0 Å². The topological polar surface area (TPSA) is 38.3 Å². The molecule has 1 aliphatic rings. The quantitative estimate of drug-likeness (QED) is 0.326. The zero-order valence-electron chi connectivity index (χ0n) is 16.6. The number of nitrogens with one attached hydrogen (secondary N) is 1. The van der Waals surface area contributed by atoms with Crippen molar-refractivity contribution < 1.29 is 9.53 Å². The Morgan fingerprint density at radius 1 is 0.960 bits per heavy atom. The first kappa shape index (κ1) is 21.9. The number of rotatable bonds is 12. The maximum atomic E-state index is 10.8. The molecule has 1 rings (SSSR count). The van der Waals surface area contributed by atoms with E-state index < -0.39 is 6.09 Å². The van der Waals surface area contributed by atoms with E-state index in [1.54, 1.807) is 0 Å². The van der Waals surface area contributed by atoms with Gasteiger partial charge in [0.05, 0.1) is 0 Å². The molecular weight excluding hydrogens is 310 g/mol.